The molecular formula is C15H17F2N5O2. The van der Waals surface area contributed by atoms with Gasteiger partial charge in [-0.1, -0.05) is 6.42 Å². The van der Waals surface area contributed by atoms with Gasteiger partial charge in [-0.2, -0.15) is 8.78 Å². The van der Waals surface area contributed by atoms with Crippen LogP contribution in [0.5, 0.6) is 5.75 Å². The van der Waals surface area contributed by atoms with Crippen molar-refractivity contribution in [3.05, 3.63) is 12.4 Å². The van der Waals surface area contributed by atoms with Gasteiger partial charge in [-0.05, 0) is 31.8 Å². The summed E-state index contributed by atoms with van der Waals surface area (Å²) >= 11 is 0. The van der Waals surface area contributed by atoms with Crippen molar-refractivity contribution in [3.8, 4) is 18.2 Å². The lowest BCUT2D eigenvalue weighted by molar-refractivity contribution is -0.0503. The van der Waals surface area contributed by atoms with E-state index in [9.17, 15) is 8.78 Å². The Balaban J connectivity index is 1.62. The maximum Gasteiger partial charge on any atom is 0.387 e. The van der Waals surface area contributed by atoms with E-state index >= 15 is 0 Å². The quantitative estimate of drug-likeness (QED) is 0.511. The average Bonchev–Trinajstić information content (AvgIpc) is 2.57. The molecule has 4 rings (SSSR count). The average molecular weight is 337 g/mol. The van der Waals surface area contributed by atoms with Gasteiger partial charge in [0, 0.05) is 12.6 Å². The second-order valence-corrected chi connectivity index (χ2v) is 5.59. The number of piperidine rings is 3. The molecule has 1 unspecified atom stereocenters. The molecule has 128 valence electrons. The van der Waals surface area contributed by atoms with Crippen molar-refractivity contribution in [3.63, 3.8) is 0 Å². The molecule has 3 aliphatic heterocycles. The van der Waals surface area contributed by atoms with Crippen LogP contribution in [0.15, 0.2) is 17.4 Å². The van der Waals surface area contributed by atoms with E-state index in [-0.39, 0.29) is 23.8 Å². The van der Waals surface area contributed by atoms with Crippen molar-refractivity contribution in [2.24, 2.45) is 10.9 Å². The van der Waals surface area contributed by atoms with Gasteiger partial charge in [0.25, 0.3) is 0 Å². The number of hydrogen-bond acceptors (Lipinski definition) is 6. The summed E-state index contributed by atoms with van der Waals surface area (Å²) in [6, 6.07) is 2.29. The number of nitrogens with zero attached hydrogens (tertiary/aromatic N) is 4. The molecular weight excluding hydrogens is 320 g/mol. The van der Waals surface area contributed by atoms with E-state index in [1.54, 1.807) is 0 Å². The number of anilines is 1. The second-order valence-electron chi connectivity index (χ2n) is 5.59. The molecule has 1 aromatic rings. The fraction of sp³-hybridized carbons (Fsp3) is 0.533. The van der Waals surface area contributed by atoms with Crippen LogP contribution < -0.4 is 10.1 Å². The van der Waals surface area contributed by atoms with Crippen LogP contribution in [-0.2, 0) is 4.74 Å². The zero-order valence-electron chi connectivity index (χ0n) is 12.9. The number of amidine groups is 1. The van der Waals surface area contributed by atoms with E-state index in [0.717, 1.165) is 44.9 Å². The first-order valence-electron chi connectivity index (χ1n) is 7.60. The predicted molar refractivity (Wildman–Crippen MR) is 82.6 cm³/mol. The summed E-state index contributed by atoms with van der Waals surface area (Å²) < 4.78 is 34.3. The lowest BCUT2D eigenvalue weighted by Gasteiger charge is -2.44. The van der Waals surface area contributed by atoms with Crippen LogP contribution >= 0.6 is 0 Å². The summed E-state index contributed by atoms with van der Waals surface area (Å²) in [7, 11) is 0. The largest absolute Gasteiger partial charge is 0.459 e. The van der Waals surface area contributed by atoms with Gasteiger partial charge in [-0.3, -0.25) is 10.2 Å². The van der Waals surface area contributed by atoms with E-state index in [1.807, 2.05) is 0 Å². The molecule has 1 aromatic heterocycles. The van der Waals surface area contributed by atoms with Crippen molar-refractivity contribution >= 4 is 12.0 Å². The third-order valence-electron chi connectivity index (χ3n) is 4.10. The smallest absolute Gasteiger partial charge is 0.387 e. The summed E-state index contributed by atoms with van der Waals surface area (Å²) in [6.45, 7) is 0.0894. The zero-order valence-corrected chi connectivity index (χ0v) is 12.9. The number of fused-ring (bicyclic) bond motifs is 3. The van der Waals surface area contributed by atoms with Crippen molar-refractivity contribution < 1.29 is 18.3 Å². The molecule has 7 nitrogen and oxygen atoms in total. The summed E-state index contributed by atoms with van der Waals surface area (Å²) in [5, 5.41) is 2.77. The highest BCUT2D eigenvalue weighted by Crippen LogP contribution is 2.29. The van der Waals surface area contributed by atoms with Gasteiger partial charge in [-0.15, -0.1) is 4.99 Å². The van der Waals surface area contributed by atoms with Crippen LogP contribution in [0.4, 0.5) is 14.7 Å². The van der Waals surface area contributed by atoms with Crippen LogP contribution in [0.2, 0.25) is 0 Å². The number of nitrogens with one attached hydrogen (secondary N) is 1. The molecule has 3 saturated heterocycles. The molecule has 0 aromatic carbocycles. The van der Waals surface area contributed by atoms with E-state index in [1.165, 1.54) is 0 Å². The summed E-state index contributed by atoms with van der Waals surface area (Å²) in [4.78, 5) is 13.9. The fourth-order valence-electron chi connectivity index (χ4n) is 2.97. The zero-order chi connectivity index (χ0) is 16.9. The van der Waals surface area contributed by atoms with Crippen molar-refractivity contribution in [1.29, 1.82) is 0 Å². The number of terminal acetylenes is 1. The number of alkyl halides is 2. The fourth-order valence-corrected chi connectivity index (χ4v) is 2.97. The number of aliphatic imine (C=N–C) groups is 1. The van der Waals surface area contributed by atoms with Gasteiger partial charge in [0.1, 0.15) is 6.10 Å². The summed E-state index contributed by atoms with van der Waals surface area (Å²) in [6.07, 6.45) is 9.67. The first-order valence-corrected chi connectivity index (χ1v) is 7.60. The number of rotatable bonds is 4. The highest BCUT2D eigenvalue weighted by Gasteiger charge is 2.36. The van der Waals surface area contributed by atoms with E-state index in [4.69, 9.17) is 11.2 Å². The van der Waals surface area contributed by atoms with E-state index in [0.29, 0.717) is 5.92 Å². The molecule has 0 saturated carbocycles. The minimum atomic E-state index is -2.92. The lowest BCUT2D eigenvalue weighted by Crippen LogP contribution is -2.52. The molecule has 3 aliphatic rings. The van der Waals surface area contributed by atoms with Crippen LogP contribution in [0.3, 0.4) is 0 Å². The normalized spacial score (nSPS) is 26.1. The molecule has 3 fully saturated rings. The van der Waals surface area contributed by atoms with Gasteiger partial charge in [0.2, 0.25) is 5.95 Å². The maximum atomic E-state index is 12.1. The van der Waals surface area contributed by atoms with Crippen LogP contribution in [0.25, 0.3) is 0 Å². The minimum absolute atomic E-state index is 0.00791. The Kier molecular flexibility index (Phi) is 5.05. The van der Waals surface area contributed by atoms with Crippen LogP contribution in [0, 0.1) is 18.4 Å². The van der Waals surface area contributed by atoms with Crippen LogP contribution in [-0.4, -0.2) is 53.2 Å². The molecule has 0 radical (unpaired) electrons. The molecule has 0 amide bonds. The Labute approximate surface area is 138 Å². The molecule has 1 N–H and O–H groups in total. The molecule has 4 heterocycles. The Bertz CT molecular complexity index is 624. The Morgan fingerprint density at radius 2 is 2.08 bits per heavy atom. The number of hydrogen-bond donors (Lipinski definition) is 1. The third-order valence-corrected chi connectivity index (χ3v) is 4.10. The standard InChI is InChI=1S/C15H17F2N5O2/c1-2-18-15(24-12-9-22-5-3-10(12)4-6-22)21-14-19-7-11(8-20-14)23-13(16)17/h1,7-8,10,12-13H,3-6,9H2,(H,18,19,20,21). The Morgan fingerprint density at radius 3 is 2.62 bits per heavy atom. The maximum absolute atomic E-state index is 12.1. The van der Waals surface area contributed by atoms with Crippen molar-refractivity contribution in [1.82, 2.24) is 14.9 Å². The Hall–Kier alpha value is -2.47. The van der Waals surface area contributed by atoms with Gasteiger partial charge in [-0.25, -0.2) is 9.97 Å². The molecule has 9 heteroatoms. The molecule has 1 atom stereocenters. The number of aromatic nitrogens is 2. The topological polar surface area (TPSA) is 71.9 Å². The number of ether oxygens (including phenoxy) is 2. The van der Waals surface area contributed by atoms with Crippen LogP contribution in [0.1, 0.15) is 12.8 Å². The van der Waals surface area contributed by atoms with Gasteiger partial charge >= 0.3 is 12.6 Å². The lowest BCUT2D eigenvalue weighted by atomic mass is 9.86. The van der Waals surface area contributed by atoms with Gasteiger partial charge in [0.05, 0.1) is 12.4 Å². The van der Waals surface area contributed by atoms with Gasteiger partial charge < -0.3 is 9.47 Å². The molecule has 24 heavy (non-hydrogen) atoms. The third kappa shape index (κ3) is 4.08. The first-order chi connectivity index (χ1) is 11.6. The highest BCUT2D eigenvalue weighted by atomic mass is 19.3. The van der Waals surface area contributed by atoms with Crippen molar-refractivity contribution in [2.45, 2.75) is 25.6 Å². The summed E-state index contributed by atoms with van der Waals surface area (Å²) in [5.41, 5.74) is 0. The molecule has 0 aliphatic carbocycles. The number of halogens is 2. The second kappa shape index (κ2) is 7.40. The van der Waals surface area contributed by atoms with Crippen molar-refractivity contribution in [2.75, 3.05) is 25.0 Å². The molecule has 0 spiro atoms. The van der Waals surface area contributed by atoms with E-state index < -0.39 is 6.61 Å². The monoisotopic (exact) mass is 337 g/mol. The summed E-state index contributed by atoms with van der Waals surface area (Å²) in [5.74, 6) is 0.471. The Morgan fingerprint density at radius 1 is 1.38 bits per heavy atom. The minimum Gasteiger partial charge on any atom is -0.459 e. The SMILES string of the molecule is C#CN=C(Nc1ncc(OC(F)F)cn1)OC1CN2CCC1CC2. The first kappa shape index (κ1) is 16.4. The van der Waals surface area contributed by atoms with E-state index in [2.05, 4.69) is 36.0 Å². The van der Waals surface area contributed by atoms with Gasteiger partial charge in [0.15, 0.2) is 5.75 Å². The molecule has 2 bridgehead atoms. The highest BCUT2D eigenvalue weighted by molar-refractivity contribution is 5.88. The predicted octanol–water partition coefficient (Wildman–Crippen LogP) is 1.55.